The standard InChI is InChI=1S/C26H29N5O3S/c1-26(2,3)34-25(33)30-14-17(13-16-7-5-4-6-8-16)31-24(32)21-10-9-20(35-21)18-11-12-28-23-22(18)19(27)15-29-23/h4-12,15,17H,13-14,27H2,1-3H3,(H,28,29)(H,30,33)(H,31,32). The maximum absolute atomic E-state index is 13.2. The molecule has 182 valence electrons. The molecule has 0 bridgehead atoms. The number of hydrogen-bond acceptors (Lipinski definition) is 6. The van der Waals surface area contributed by atoms with Crippen molar-refractivity contribution >= 4 is 40.1 Å². The summed E-state index contributed by atoms with van der Waals surface area (Å²) in [6.45, 7) is 5.66. The van der Waals surface area contributed by atoms with Gasteiger partial charge in [0.15, 0.2) is 0 Å². The molecule has 1 unspecified atom stereocenters. The number of hydrogen-bond donors (Lipinski definition) is 4. The van der Waals surface area contributed by atoms with Gasteiger partial charge in [-0.15, -0.1) is 11.3 Å². The zero-order chi connectivity index (χ0) is 25.0. The SMILES string of the molecule is CC(C)(C)OC(=O)NCC(Cc1ccccc1)NC(=O)c1ccc(-c2ccnc3[nH]cc(N)c23)s1. The quantitative estimate of drug-likeness (QED) is 0.297. The van der Waals surface area contributed by atoms with E-state index in [4.69, 9.17) is 10.5 Å². The van der Waals surface area contributed by atoms with E-state index < -0.39 is 11.7 Å². The second-order valence-corrected chi connectivity index (χ2v) is 10.3. The summed E-state index contributed by atoms with van der Waals surface area (Å²) in [5.74, 6) is -0.208. The summed E-state index contributed by atoms with van der Waals surface area (Å²) in [6.07, 6.45) is 3.47. The first-order valence-corrected chi connectivity index (χ1v) is 12.1. The van der Waals surface area contributed by atoms with Crippen LogP contribution in [0, 0.1) is 0 Å². The lowest BCUT2D eigenvalue weighted by Gasteiger charge is -2.22. The van der Waals surface area contributed by atoms with Gasteiger partial charge in [-0.2, -0.15) is 0 Å². The molecule has 2 amide bonds. The van der Waals surface area contributed by atoms with Crippen LogP contribution in [0.4, 0.5) is 10.5 Å². The zero-order valence-electron chi connectivity index (χ0n) is 19.9. The molecule has 5 N–H and O–H groups in total. The van der Waals surface area contributed by atoms with Gasteiger partial charge >= 0.3 is 6.09 Å². The van der Waals surface area contributed by atoms with E-state index in [0.29, 0.717) is 22.6 Å². The van der Waals surface area contributed by atoms with Crippen molar-refractivity contribution in [2.24, 2.45) is 0 Å². The van der Waals surface area contributed by atoms with Crippen LogP contribution in [0.3, 0.4) is 0 Å². The van der Waals surface area contributed by atoms with Crippen LogP contribution in [0.15, 0.2) is 60.9 Å². The van der Waals surface area contributed by atoms with E-state index in [1.54, 1.807) is 18.5 Å². The van der Waals surface area contributed by atoms with E-state index in [-0.39, 0.29) is 18.5 Å². The van der Waals surface area contributed by atoms with Crippen LogP contribution >= 0.6 is 11.3 Å². The maximum Gasteiger partial charge on any atom is 0.407 e. The van der Waals surface area contributed by atoms with Gasteiger partial charge in [-0.1, -0.05) is 30.3 Å². The molecule has 1 aromatic carbocycles. The number of alkyl carbamates (subject to hydrolysis) is 1. The number of fused-ring (bicyclic) bond motifs is 1. The van der Waals surface area contributed by atoms with Gasteiger partial charge < -0.3 is 26.1 Å². The molecular formula is C26H29N5O3S. The van der Waals surface area contributed by atoms with Gasteiger partial charge in [0.2, 0.25) is 0 Å². The van der Waals surface area contributed by atoms with Gasteiger partial charge in [0.1, 0.15) is 11.2 Å². The molecule has 4 rings (SSSR count). The average molecular weight is 492 g/mol. The highest BCUT2D eigenvalue weighted by Crippen LogP contribution is 2.35. The highest BCUT2D eigenvalue weighted by atomic mass is 32.1. The van der Waals surface area contributed by atoms with E-state index in [1.165, 1.54) is 11.3 Å². The van der Waals surface area contributed by atoms with Crippen LogP contribution in [0.25, 0.3) is 21.5 Å². The summed E-state index contributed by atoms with van der Waals surface area (Å²) in [5.41, 5.74) is 8.81. The molecule has 0 radical (unpaired) electrons. The summed E-state index contributed by atoms with van der Waals surface area (Å²) >= 11 is 1.38. The predicted octanol–water partition coefficient (Wildman–Crippen LogP) is 4.74. The Morgan fingerprint density at radius 1 is 1.14 bits per heavy atom. The topological polar surface area (TPSA) is 122 Å². The van der Waals surface area contributed by atoms with Crippen molar-refractivity contribution in [2.75, 3.05) is 12.3 Å². The Kier molecular flexibility index (Phi) is 7.07. The number of nitrogens with zero attached hydrogens (tertiary/aromatic N) is 1. The maximum atomic E-state index is 13.2. The fourth-order valence-corrected chi connectivity index (χ4v) is 4.68. The van der Waals surface area contributed by atoms with Gasteiger partial charge in [-0.05, 0) is 51.0 Å². The summed E-state index contributed by atoms with van der Waals surface area (Å²) in [5, 5.41) is 6.68. The summed E-state index contributed by atoms with van der Waals surface area (Å²) in [4.78, 5) is 34.2. The number of pyridine rings is 1. The number of amides is 2. The van der Waals surface area contributed by atoms with Gasteiger partial charge in [0.05, 0.1) is 22.0 Å². The Balaban J connectivity index is 1.49. The fourth-order valence-electron chi connectivity index (χ4n) is 3.74. The molecule has 3 aromatic heterocycles. The fraction of sp³-hybridized carbons (Fsp3) is 0.269. The number of carbonyl (C=O) groups is 2. The first-order valence-electron chi connectivity index (χ1n) is 11.3. The minimum Gasteiger partial charge on any atom is -0.444 e. The second kappa shape index (κ2) is 10.2. The molecule has 1 atom stereocenters. The molecule has 0 fully saturated rings. The van der Waals surface area contributed by atoms with Gasteiger partial charge in [-0.25, -0.2) is 9.78 Å². The monoisotopic (exact) mass is 491 g/mol. The van der Waals surface area contributed by atoms with Crippen LogP contribution in [-0.4, -0.2) is 40.2 Å². The van der Waals surface area contributed by atoms with E-state index >= 15 is 0 Å². The molecule has 0 saturated heterocycles. The van der Waals surface area contributed by atoms with E-state index in [2.05, 4.69) is 20.6 Å². The molecule has 9 heteroatoms. The number of carbonyl (C=O) groups excluding carboxylic acids is 2. The third kappa shape index (κ3) is 6.19. The number of ether oxygens (including phenoxy) is 1. The first kappa shape index (κ1) is 24.3. The highest BCUT2D eigenvalue weighted by molar-refractivity contribution is 7.17. The van der Waals surface area contributed by atoms with Crippen LogP contribution in [0.1, 0.15) is 36.0 Å². The minimum absolute atomic E-state index is 0.208. The lowest BCUT2D eigenvalue weighted by molar-refractivity contribution is 0.0520. The molecule has 0 saturated carbocycles. The normalized spacial score (nSPS) is 12.3. The van der Waals surface area contributed by atoms with Crippen molar-refractivity contribution in [2.45, 2.75) is 38.8 Å². The lowest BCUT2D eigenvalue weighted by Crippen LogP contribution is -2.45. The van der Waals surface area contributed by atoms with Crippen LogP contribution in [-0.2, 0) is 11.2 Å². The minimum atomic E-state index is -0.600. The number of nitrogens with one attached hydrogen (secondary N) is 3. The first-order chi connectivity index (χ1) is 16.7. The highest BCUT2D eigenvalue weighted by Gasteiger charge is 2.21. The van der Waals surface area contributed by atoms with E-state index in [9.17, 15) is 9.59 Å². The van der Waals surface area contributed by atoms with Crippen LogP contribution in [0.5, 0.6) is 0 Å². The number of nitrogens with two attached hydrogens (primary N) is 1. The third-order valence-electron chi connectivity index (χ3n) is 5.25. The van der Waals surface area contributed by atoms with Crippen molar-refractivity contribution in [1.82, 2.24) is 20.6 Å². The number of thiophene rings is 1. The second-order valence-electron chi connectivity index (χ2n) is 9.23. The molecule has 0 aliphatic carbocycles. The Morgan fingerprint density at radius 3 is 2.66 bits per heavy atom. The molecule has 0 spiro atoms. The zero-order valence-corrected chi connectivity index (χ0v) is 20.7. The van der Waals surface area contributed by atoms with Crippen molar-refractivity contribution in [1.29, 1.82) is 0 Å². The number of H-pyrrole nitrogens is 1. The van der Waals surface area contributed by atoms with Gasteiger partial charge in [0.25, 0.3) is 5.91 Å². The molecule has 0 aliphatic heterocycles. The third-order valence-corrected chi connectivity index (χ3v) is 6.37. The van der Waals surface area contributed by atoms with E-state index in [1.807, 2.05) is 63.2 Å². The molecule has 8 nitrogen and oxygen atoms in total. The van der Waals surface area contributed by atoms with Crippen molar-refractivity contribution < 1.29 is 14.3 Å². The number of aromatic nitrogens is 2. The summed E-state index contributed by atoms with van der Waals surface area (Å²) < 4.78 is 5.34. The molecule has 4 aromatic rings. The Hall–Kier alpha value is -3.85. The van der Waals surface area contributed by atoms with Crippen LogP contribution in [0.2, 0.25) is 0 Å². The molecular weight excluding hydrogens is 462 g/mol. The van der Waals surface area contributed by atoms with Crippen molar-refractivity contribution in [3.05, 3.63) is 71.4 Å². The number of anilines is 1. The number of rotatable bonds is 7. The molecule has 35 heavy (non-hydrogen) atoms. The summed E-state index contributed by atoms with van der Waals surface area (Å²) in [6, 6.07) is 15.1. The van der Waals surface area contributed by atoms with Crippen LogP contribution < -0.4 is 16.4 Å². The average Bonchev–Trinajstić information content (AvgIpc) is 3.45. The molecule has 0 aliphatic rings. The Morgan fingerprint density at radius 2 is 1.91 bits per heavy atom. The van der Waals surface area contributed by atoms with Gasteiger partial charge in [-0.3, -0.25) is 4.79 Å². The van der Waals surface area contributed by atoms with Gasteiger partial charge in [0, 0.05) is 29.4 Å². The number of benzene rings is 1. The Bertz CT molecular complexity index is 1320. The number of nitrogen functional groups attached to an aromatic ring is 1. The van der Waals surface area contributed by atoms with Crippen molar-refractivity contribution in [3.63, 3.8) is 0 Å². The summed E-state index contributed by atoms with van der Waals surface area (Å²) in [7, 11) is 0. The predicted molar refractivity (Wildman–Crippen MR) is 139 cm³/mol. The smallest absolute Gasteiger partial charge is 0.407 e. The molecule has 3 heterocycles. The Labute approximate surface area is 207 Å². The van der Waals surface area contributed by atoms with Crippen molar-refractivity contribution in [3.8, 4) is 10.4 Å². The van der Waals surface area contributed by atoms with E-state index in [0.717, 1.165) is 21.4 Å². The lowest BCUT2D eigenvalue weighted by atomic mass is 10.1. The number of aromatic amines is 1. The largest absolute Gasteiger partial charge is 0.444 e.